The number of hydrogen-bond donors (Lipinski definition) is 2. The van der Waals surface area contributed by atoms with E-state index in [9.17, 15) is 9.90 Å². The van der Waals surface area contributed by atoms with Crippen LogP contribution in [0.3, 0.4) is 0 Å². The minimum Gasteiger partial charge on any atom is -0.391 e. The molecule has 160 valence electrons. The molecule has 3 atom stereocenters. The Morgan fingerprint density at radius 2 is 2.07 bits per heavy atom. The fourth-order valence-electron chi connectivity index (χ4n) is 4.69. The summed E-state index contributed by atoms with van der Waals surface area (Å²) >= 11 is 0. The van der Waals surface area contributed by atoms with Crippen LogP contribution in [0.25, 0.3) is 5.69 Å². The van der Waals surface area contributed by atoms with E-state index in [4.69, 9.17) is 0 Å². The molecule has 2 heterocycles. The van der Waals surface area contributed by atoms with Gasteiger partial charge in [-0.25, -0.2) is 4.68 Å². The van der Waals surface area contributed by atoms with Crippen molar-refractivity contribution in [2.24, 2.45) is 5.92 Å². The number of para-hydroxylation sites is 1. The van der Waals surface area contributed by atoms with E-state index in [0.717, 1.165) is 62.1 Å². The number of piperidine rings is 1. The van der Waals surface area contributed by atoms with Crippen LogP contribution in [-0.4, -0.2) is 46.0 Å². The summed E-state index contributed by atoms with van der Waals surface area (Å²) in [6.07, 6.45) is 7.14. The van der Waals surface area contributed by atoms with E-state index in [0.29, 0.717) is 18.0 Å². The fraction of sp³-hybridized carbons (Fsp3) is 0.500. The van der Waals surface area contributed by atoms with Crippen molar-refractivity contribution in [3.8, 4) is 5.69 Å². The molecule has 1 aliphatic carbocycles. The highest BCUT2D eigenvalue weighted by Gasteiger charge is 2.30. The topological polar surface area (TPSA) is 70.4 Å². The minimum absolute atomic E-state index is 0.0140. The van der Waals surface area contributed by atoms with Crippen molar-refractivity contribution in [2.45, 2.75) is 57.6 Å². The Morgan fingerprint density at radius 1 is 1.27 bits per heavy atom. The highest BCUT2D eigenvalue weighted by atomic mass is 16.3. The molecule has 6 nitrogen and oxygen atoms in total. The molecule has 0 spiro atoms. The summed E-state index contributed by atoms with van der Waals surface area (Å²) in [5, 5.41) is 18.0. The second kappa shape index (κ2) is 9.04. The van der Waals surface area contributed by atoms with Crippen molar-refractivity contribution in [1.82, 2.24) is 15.1 Å². The number of aliphatic hydroxyl groups excluding tert-OH is 1. The lowest BCUT2D eigenvalue weighted by Crippen LogP contribution is -2.42. The first-order valence-corrected chi connectivity index (χ1v) is 11.1. The number of hydrogen-bond acceptors (Lipinski definition) is 4. The van der Waals surface area contributed by atoms with Crippen LogP contribution in [0.15, 0.2) is 48.7 Å². The molecule has 1 aromatic heterocycles. The van der Waals surface area contributed by atoms with Gasteiger partial charge in [0.2, 0.25) is 0 Å². The standard InChI is InChI=1S/C24H32N4O2/c1-3-18-11-12-22(17(2)14-18)26-23(30)21-15-25-28(19-8-5-4-6-9-19)24(21)27-13-7-10-20(29)16-27/h4-6,8-9,15,18,20,22,29H,2-3,7,10-14,16H2,1H3,(H,26,30). The van der Waals surface area contributed by atoms with E-state index in [-0.39, 0.29) is 11.9 Å². The lowest BCUT2D eigenvalue weighted by atomic mass is 9.81. The Labute approximate surface area is 178 Å². The number of carbonyl (C=O) groups excluding carboxylic acids is 1. The van der Waals surface area contributed by atoms with Crippen molar-refractivity contribution in [3.63, 3.8) is 0 Å². The minimum atomic E-state index is -0.391. The molecule has 1 aromatic carbocycles. The van der Waals surface area contributed by atoms with Crippen molar-refractivity contribution in [2.75, 3.05) is 18.0 Å². The number of β-amino-alcohol motifs (C(OH)–C–C–N with tert-alkyl or cyclic N) is 1. The summed E-state index contributed by atoms with van der Waals surface area (Å²) < 4.78 is 1.82. The predicted octanol–water partition coefficient (Wildman–Crippen LogP) is 3.70. The van der Waals surface area contributed by atoms with Gasteiger partial charge in [-0.2, -0.15) is 5.10 Å². The number of aromatic nitrogens is 2. The van der Waals surface area contributed by atoms with Crippen molar-refractivity contribution < 1.29 is 9.90 Å². The van der Waals surface area contributed by atoms with Crippen LogP contribution in [0.1, 0.15) is 55.8 Å². The second-order valence-corrected chi connectivity index (χ2v) is 8.61. The Bertz CT molecular complexity index is 892. The van der Waals surface area contributed by atoms with Crippen LogP contribution >= 0.6 is 0 Å². The molecule has 1 aliphatic heterocycles. The third-order valence-electron chi connectivity index (χ3n) is 6.48. The fourth-order valence-corrected chi connectivity index (χ4v) is 4.69. The number of benzene rings is 1. The summed E-state index contributed by atoms with van der Waals surface area (Å²) in [4.78, 5) is 15.4. The Balaban J connectivity index is 1.62. The molecule has 2 aliphatic rings. The molecule has 1 amide bonds. The van der Waals surface area contributed by atoms with Gasteiger partial charge in [-0.15, -0.1) is 0 Å². The van der Waals surface area contributed by atoms with E-state index < -0.39 is 6.10 Å². The zero-order chi connectivity index (χ0) is 21.1. The largest absolute Gasteiger partial charge is 0.391 e. The van der Waals surface area contributed by atoms with Crippen molar-refractivity contribution >= 4 is 11.7 Å². The highest BCUT2D eigenvalue weighted by Crippen LogP contribution is 2.31. The quantitative estimate of drug-likeness (QED) is 0.740. The lowest BCUT2D eigenvalue weighted by Gasteiger charge is -2.33. The van der Waals surface area contributed by atoms with Gasteiger partial charge in [0.15, 0.2) is 0 Å². The Hall–Kier alpha value is -2.60. The van der Waals surface area contributed by atoms with Crippen LogP contribution in [0.4, 0.5) is 5.82 Å². The van der Waals surface area contributed by atoms with Crippen LogP contribution in [0, 0.1) is 5.92 Å². The zero-order valence-electron chi connectivity index (χ0n) is 17.8. The third-order valence-corrected chi connectivity index (χ3v) is 6.48. The van der Waals surface area contributed by atoms with Crippen LogP contribution < -0.4 is 10.2 Å². The van der Waals surface area contributed by atoms with Crippen LogP contribution in [0.5, 0.6) is 0 Å². The zero-order valence-corrected chi connectivity index (χ0v) is 17.8. The third kappa shape index (κ3) is 4.29. The van der Waals surface area contributed by atoms with Gasteiger partial charge in [-0.3, -0.25) is 4.79 Å². The average molecular weight is 409 g/mol. The normalized spacial score (nSPS) is 24.7. The SMILES string of the molecule is C=C1CC(CC)CCC1NC(=O)c1cnn(-c2ccccc2)c1N1CCCC(O)C1. The Kier molecular flexibility index (Phi) is 6.23. The Morgan fingerprint density at radius 3 is 2.77 bits per heavy atom. The first kappa shape index (κ1) is 20.7. The summed E-state index contributed by atoms with van der Waals surface area (Å²) in [7, 11) is 0. The maximum Gasteiger partial charge on any atom is 0.257 e. The second-order valence-electron chi connectivity index (χ2n) is 8.61. The first-order chi connectivity index (χ1) is 14.6. The number of anilines is 1. The molecule has 2 N–H and O–H groups in total. The van der Waals surface area contributed by atoms with E-state index >= 15 is 0 Å². The van der Waals surface area contributed by atoms with Gasteiger partial charge < -0.3 is 15.3 Å². The molecule has 2 aromatic rings. The summed E-state index contributed by atoms with van der Waals surface area (Å²) in [5.41, 5.74) is 2.57. The van der Waals surface area contributed by atoms with Gasteiger partial charge in [-0.1, -0.05) is 43.7 Å². The van der Waals surface area contributed by atoms with E-state index in [2.05, 4.69) is 28.8 Å². The van der Waals surface area contributed by atoms with Gasteiger partial charge in [0, 0.05) is 13.1 Å². The molecule has 2 fully saturated rings. The highest BCUT2D eigenvalue weighted by molar-refractivity contribution is 5.99. The summed E-state index contributed by atoms with van der Waals surface area (Å²) in [5.74, 6) is 1.32. The van der Waals surface area contributed by atoms with Crippen molar-refractivity contribution in [3.05, 3.63) is 54.2 Å². The number of rotatable bonds is 5. The molecule has 3 unspecified atom stereocenters. The number of carbonyl (C=O) groups is 1. The molecule has 0 bridgehead atoms. The van der Waals surface area contributed by atoms with Crippen LogP contribution in [-0.2, 0) is 0 Å². The molecule has 30 heavy (non-hydrogen) atoms. The number of nitrogens with zero attached hydrogens (tertiary/aromatic N) is 3. The van der Waals surface area contributed by atoms with E-state index in [1.54, 1.807) is 6.20 Å². The molecule has 1 saturated heterocycles. The molecular formula is C24H32N4O2. The number of aliphatic hydroxyl groups is 1. The summed E-state index contributed by atoms with van der Waals surface area (Å²) in [6.45, 7) is 7.76. The predicted molar refractivity (Wildman–Crippen MR) is 119 cm³/mol. The van der Waals surface area contributed by atoms with Gasteiger partial charge in [-0.05, 0) is 50.2 Å². The average Bonchev–Trinajstić information content (AvgIpc) is 3.21. The van der Waals surface area contributed by atoms with Crippen LogP contribution in [0.2, 0.25) is 0 Å². The number of amides is 1. The number of nitrogens with one attached hydrogen (secondary N) is 1. The van der Waals surface area contributed by atoms with E-state index in [1.165, 1.54) is 0 Å². The van der Waals surface area contributed by atoms with Gasteiger partial charge in [0.05, 0.1) is 24.0 Å². The van der Waals surface area contributed by atoms with Gasteiger partial charge >= 0.3 is 0 Å². The molecule has 1 saturated carbocycles. The van der Waals surface area contributed by atoms with Crippen molar-refractivity contribution in [1.29, 1.82) is 0 Å². The maximum atomic E-state index is 13.3. The molecule has 6 heteroatoms. The molecule has 0 radical (unpaired) electrons. The lowest BCUT2D eigenvalue weighted by molar-refractivity contribution is 0.0934. The van der Waals surface area contributed by atoms with Gasteiger partial charge in [0.25, 0.3) is 5.91 Å². The smallest absolute Gasteiger partial charge is 0.257 e. The van der Waals surface area contributed by atoms with E-state index in [1.807, 2.05) is 35.0 Å². The summed E-state index contributed by atoms with van der Waals surface area (Å²) in [6, 6.07) is 9.85. The first-order valence-electron chi connectivity index (χ1n) is 11.1. The monoisotopic (exact) mass is 408 g/mol. The molecular weight excluding hydrogens is 376 g/mol. The maximum absolute atomic E-state index is 13.3. The van der Waals surface area contributed by atoms with Gasteiger partial charge in [0.1, 0.15) is 11.4 Å². The molecule has 4 rings (SSSR count).